The minimum absolute atomic E-state index is 0.0219. The topological polar surface area (TPSA) is 68.5 Å². The minimum Gasteiger partial charge on any atom is -0.467 e. The van der Waals surface area contributed by atoms with E-state index < -0.39 is 15.8 Å². The molecule has 1 aromatic carbocycles. The molecule has 1 fully saturated rings. The van der Waals surface area contributed by atoms with Crippen LogP contribution in [0.2, 0.25) is 0 Å². The van der Waals surface area contributed by atoms with Gasteiger partial charge < -0.3 is 4.42 Å². The maximum atomic E-state index is 11.6. The van der Waals surface area contributed by atoms with E-state index in [2.05, 4.69) is 4.72 Å². The van der Waals surface area contributed by atoms with E-state index in [4.69, 9.17) is 8.60 Å². The van der Waals surface area contributed by atoms with Gasteiger partial charge in [-0.25, -0.2) is 0 Å². The monoisotopic (exact) mass is 279 g/mol. The molecule has 6 heteroatoms. The highest BCUT2D eigenvalue weighted by Gasteiger charge is 2.47. The average Bonchev–Trinajstić information content (AvgIpc) is 2.98. The van der Waals surface area contributed by atoms with Gasteiger partial charge >= 0.3 is 10.3 Å². The third-order valence-corrected chi connectivity index (χ3v) is 4.24. The summed E-state index contributed by atoms with van der Waals surface area (Å²) in [6.45, 7) is 1.95. The molecule has 19 heavy (non-hydrogen) atoms. The summed E-state index contributed by atoms with van der Waals surface area (Å²) in [5.74, 6) is 0.512. The SMILES string of the molecule is Cc1ccc(C2(c3ccco3)COS(=O)(=O)N2)cc1. The molecule has 2 aromatic rings. The predicted octanol–water partition coefficient (Wildman–Crippen LogP) is 1.70. The third-order valence-electron chi connectivity index (χ3n) is 3.22. The quantitative estimate of drug-likeness (QED) is 0.908. The average molecular weight is 279 g/mol. The van der Waals surface area contributed by atoms with E-state index in [1.807, 2.05) is 31.2 Å². The lowest BCUT2D eigenvalue weighted by Crippen LogP contribution is -2.41. The summed E-state index contributed by atoms with van der Waals surface area (Å²) in [6, 6.07) is 11.0. The van der Waals surface area contributed by atoms with Crippen molar-refractivity contribution in [2.75, 3.05) is 6.61 Å². The molecule has 3 rings (SSSR count). The van der Waals surface area contributed by atoms with Crippen LogP contribution in [-0.4, -0.2) is 15.0 Å². The molecule has 0 radical (unpaired) electrons. The number of benzene rings is 1. The van der Waals surface area contributed by atoms with E-state index in [-0.39, 0.29) is 6.61 Å². The second-order valence-electron chi connectivity index (χ2n) is 4.57. The van der Waals surface area contributed by atoms with Crippen LogP contribution in [0.5, 0.6) is 0 Å². The molecule has 1 aliphatic heterocycles. The summed E-state index contributed by atoms with van der Waals surface area (Å²) in [6.07, 6.45) is 1.51. The molecule has 0 spiro atoms. The summed E-state index contributed by atoms with van der Waals surface area (Å²) in [5, 5.41) is 0. The fraction of sp³-hybridized carbons (Fsp3) is 0.231. The van der Waals surface area contributed by atoms with E-state index in [0.29, 0.717) is 5.76 Å². The molecule has 0 bridgehead atoms. The zero-order chi connectivity index (χ0) is 13.5. The highest BCUT2D eigenvalue weighted by atomic mass is 32.2. The van der Waals surface area contributed by atoms with Crippen LogP contribution in [0.1, 0.15) is 16.9 Å². The Balaban J connectivity index is 2.16. The second kappa shape index (κ2) is 4.19. The van der Waals surface area contributed by atoms with Crippen molar-refractivity contribution >= 4 is 10.3 Å². The number of hydrogen-bond acceptors (Lipinski definition) is 4. The summed E-state index contributed by atoms with van der Waals surface area (Å²) >= 11 is 0. The number of aryl methyl sites for hydroxylation is 1. The van der Waals surface area contributed by atoms with Gasteiger partial charge in [0, 0.05) is 0 Å². The first-order chi connectivity index (χ1) is 9.02. The summed E-state index contributed by atoms with van der Waals surface area (Å²) in [4.78, 5) is 0. The van der Waals surface area contributed by atoms with E-state index in [1.165, 1.54) is 6.26 Å². The molecular weight excluding hydrogens is 266 g/mol. The smallest absolute Gasteiger partial charge is 0.337 e. The fourth-order valence-corrected chi connectivity index (χ4v) is 3.30. The van der Waals surface area contributed by atoms with Gasteiger partial charge in [-0.2, -0.15) is 13.1 Å². The Morgan fingerprint density at radius 2 is 1.95 bits per heavy atom. The van der Waals surface area contributed by atoms with Gasteiger partial charge in [-0.15, -0.1) is 0 Å². The zero-order valence-electron chi connectivity index (χ0n) is 10.3. The zero-order valence-corrected chi connectivity index (χ0v) is 11.1. The number of hydrogen-bond donors (Lipinski definition) is 1. The van der Waals surface area contributed by atoms with E-state index in [0.717, 1.165) is 11.1 Å². The first-order valence-corrected chi connectivity index (χ1v) is 7.22. The number of nitrogens with one attached hydrogen (secondary N) is 1. The molecule has 1 aliphatic rings. The molecule has 0 saturated carbocycles. The van der Waals surface area contributed by atoms with Gasteiger partial charge in [0.15, 0.2) is 0 Å². The molecule has 1 aromatic heterocycles. The normalized spacial score (nSPS) is 25.5. The highest BCUT2D eigenvalue weighted by Crippen LogP contribution is 2.35. The van der Waals surface area contributed by atoms with Gasteiger partial charge in [0.2, 0.25) is 0 Å². The fourth-order valence-electron chi connectivity index (χ4n) is 2.20. The van der Waals surface area contributed by atoms with E-state index in [1.54, 1.807) is 12.1 Å². The molecule has 1 N–H and O–H groups in total. The second-order valence-corrected chi connectivity index (χ2v) is 5.92. The highest BCUT2D eigenvalue weighted by molar-refractivity contribution is 7.85. The maximum absolute atomic E-state index is 11.6. The van der Waals surface area contributed by atoms with Crippen LogP contribution in [0, 0.1) is 6.92 Å². The maximum Gasteiger partial charge on any atom is 0.337 e. The third kappa shape index (κ3) is 2.07. The Labute approximate surface area is 111 Å². The van der Waals surface area contributed by atoms with Crippen molar-refractivity contribution in [2.24, 2.45) is 0 Å². The Morgan fingerprint density at radius 3 is 2.47 bits per heavy atom. The molecule has 1 atom stereocenters. The Morgan fingerprint density at radius 1 is 1.21 bits per heavy atom. The Bertz CT molecular complexity index is 676. The lowest BCUT2D eigenvalue weighted by atomic mass is 9.89. The van der Waals surface area contributed by atoms with Gasteiger partial charge in [-0.1, -0.05) is 29.8 Å². The predicted molar refractivity (Wildman–Crippen MR) is 68.7 cm³/mol. The lowest BCUT2D eigenvalue weighted by Gasteiger charge is -2.24. The van der Waals surface area contributed by atoms with E-state index >= 15 is 0 Å². The molecule has 0 aliphatic carbocycles. The van der Waals surface area contributed by atoms with Crippen molar-refractivity contribution < 1.29 is 17.0 Å². The number of rotatable bonds is 2. The molecule has 1 unspecified atom stereocenters. The first-order valence-electron chi connectivity index (χ1n) is 5.81. The summed E-state index contributed by atoms with van der Waals surface area (Å²) in [7, 11) is -3.75. The minimum atomic E-state index is -3.75. The number of furan rings is 1. The Kier molecular flexibility index (Phi) is 2.74. The van der Waals surface area contributed by atoms with Crippen molar-refractivity contribution in [1.82, 2.24) is 4.72 Å². The molecule has 1 saturated heterocycles. The van der Waals surface area contributed by atoms with Gasteiger partial charge in [-0.3, -0.25) is 4.18 Å². The summed E-state index contributed by atoms with van der Waals surface area (Å²) < 4.78 is 36.0. The van der Waals surface area contributed by atoms with Crippen molar-refractivity contribution in [1.29, 1.82) is 0 Å². The van der Waals surface area contributed by atoms with Crippen LogP contribution >= 0.6 is 0 Å². The van der Waals surface area contributed by atoms with Gasteiger partial charge in [0.25, 0.3) is 0 Å². The van der Waals surface area contributed by atoms with Crippen LogP contribution < -0.4 is 4.72 Å². The lowest BCUT2D eigenvalue weighted by molar-refractivity contribution is 0.271. The van der Waals surface area contributed by atoms with Crippen LogP contribution in [0.25, 0.3) is 0 Å². The first kappa shape index (κ1) is 12.4. The van der Waals surface area contributed by atoms with Crippen LogP contribution in [0.15, 0.2) is 47.1 Å². The standard InChI is InChI=1S/C13H13NO4S/c1-10-4-6-11(7-5-10)13(12-3-2-8-17-12)9-18-19(15,16)14-13/h2-8,14H,9H2,1H3. The molecule has 5 nitrogen and oxygen atoms in total. The van der Waals surface area contributed by atoms with Crippen molar-refractivity contribution in [3.05, 3.63) is 59.5 Å². The molecule has 0 amide bonds. The molecule has 100 valence electrons. The largest absolute Gasteiger partial charge is 0.467 e. The van der Waals surface area contributed by atoms with Crippen LogP contribution in [0.3, 0.4) is 0 Å². The van der Waals surface area contributed by atoms with Crippen LogP contribution in [0.4, 0.5) is 0 Å². The summed E-state index contributed by atoms with van der Waals surface area (Å²) in [5.41, 5.74) is 0.894. The van der Waals surface area contributed by atoms with Gasteiger partial charge in [-0.05, 0) is 24.6 Å². The van der Waals surface area contributed by atoms with Crippen molar-refractivity contribution in [2.45, 2.75) is 12.5 Å². The van der Waals surface area contributed by atoms with Gasteiger partial charge in [0.05, 0.1) is 12.9 Å². The van der Waals surface area contributed by atoms with E-state index in [9.17, 15) is 8.42 Å². The molecule has 2 heterocycles. The van der Waals surface area contributed by atoms with Crippen molar-refractivity contribution in [3.8, 4) is 0 Å². The van der Waals surface area contributed by atoms with Gasteiger partial charge in [0.1, 0.15) is 11.3 Å². The Hall–Kier alpha value is -1.63. The van der Waals surface area contributed by atoms with Crippen LogP contribution in [-0.2, 0) is 20.0 Å². The van der Waals surface area contributed by atoms with Crippen molar-refractivity contribution in [3.63, 3.8) is 0 Å². The molecular formula is C13H13NO4S.